The van der Waals surface area contributed by atoms with Gasteiger partial charge in [0.05, 0.1) is 12.3 Å². The highest BCUT2D eigenvalue weighted by atomic mass is 32.2. The van der Waals surface area contributed by atoms with Crippen molar-refractivity contribution in [2.75, 3.05) is 27.2 Å². The van der Waals surface area contributed by atoms with Crippen LogP contribution < -0.4 is 5.32 Å². The lowest BCUT2D eigenvalue weighted by atomic mass is 10.1. The molecule has 1 aromatic carbocycles. The van der Waals surface area contributed by atoms with Crippen LogP contribution in [-0.2, 0) is 10.2 Å². The van der Waals surface area contributed by atoms with E-state index >= 15 is 0 Å². The summed E-state index contributed by atoms with van der Waals surface area (Å²) in [4.78, 5) is 20.6. The molecule has 0 aromatic heterocycles. The van der Waals surface area contributed by atoms with Gasteiger partial charge in [-0.15, -0.1) is 0 Å². The Morgan fingerprint density at radius 2 is 2.12 bits per heavy atom. The van der Waals surface area contributed by atoms with Gasteiger partial charge in [-0.3, -0.25) is 14.4 Å². The van der Waals surface area contributed by atoms with Crippen LogP contribution in [0.4, 0.5) is 4.39 Å². The number of nitrogens with one attached hydrogen (secondary N) is 1. The number of nitrogens with zero attached hydrogens (tertiary/aromatic N) is 4. The number of hydrogen-bond acceptors (Lipinski definition) is 5. The zero-order valence-electron chi connectivity index (χ0n) is 14.3. The number of aliphatic imine (C=N–C) groups is 2. The Labute approximate surface area is 150 Å². The number of amides is 1. The summed E-state index contributed by atoms with van der Waals surface area (Å²) in [6, 6.07) is 5.31. The van der Waals surface area contributed by atoms with E-state index < -0.39 is 21.9 Å². The number of fused-ring (bicyclic) bond motifs is 1. The molecule has 3 rings (SSSR count). The molecule has 138 valence electrons. The summed E-state index contributed by atoms with van der Waals surface area (Å²) >= 11 is 0. The van der Waals surface area contributed by atoms with E-state index in [1.54, 1.807) is 0 Å². The number of carbonyl (C=O) groups is 1. The molecule has 2 aliphatic heterocycles. The first-order chi connectivity index (χ1) is 12.3. The van der Waals surface area contributed by atoms with Crippen molar-refractivity contribution in [2.24, 2.45) is 9.98 Å². The SMILES string of the molecule is CN(C)S(=O)(=O)N1C=C2CN=C(NC(=O)c3cccc(F)c3)N=C2CC1. The third-order valence-corrected chi connectivity index (χ3v) is 5.75. The van der Waals surface area contributed by atoms with Crippen molar-refractivity contribution >= 4 is 27.8 Å². The van der Waals surface area contributed by atoms with Crippen molar-refractivity contribution in [3.63, 3.8) is 0 Å². The molecule has 0 aliphatic carbocycles. The average molecular weight is 379 g/mol. The topological polar surface area (TPSA) is 94.4 Å². The van der Waals surface area contributed by atoms with Crippen LogP contribution in [0.2, 0.25) is 0 Å². The Morgan fingerprint density at radius 3 is 2.81 bits per heavy atom. The van der Waals surface area contributed by atoms with Crippen LogP contribution in [-0.4, -0.2) is 61.8 Å². The smallest absolute Gasteiger partial charge is 0.291 e. The molecule has 0 unspecified atom stereocenters. The van der Waals surface area contributed by atoms with Crippen molar-refractivity contribution in [2.45, 2.75) is 6.42 Å². The first kappa shape index (κ1) is 18.2. The Morgan fingerprint density at radius 1 is 1.35 bits per heavy atom. The summed E-state index contributed by atoms with van der Waals surface area (Å²) in [5.74, 6) is -0.878. The minimum absolute atomic E-state index is 0.135. The van der Waals surface area contributed by atoms with Gasteiger partial charge in [0.1, 0.15) is 5.82 Å². The number of guanidine groups is 1. The fourth-order valence-electron chi connectivity index (χ4n) is 2.54. The quantitative estimate of drug-likeness (QED) is 0.840. The molecule has 0 atom stereocenters. The molecule has 0 bridgehead atoms. The molecule has 26 heavy (non-hydrogen) atoms. The molecule has 1 amide bonds. The second kappa shape index (κ2) is 6.96. The molecule has 0 fully saturated rings. The van der Waals surface area contributed by atoms with E-state index in [0.717, 1.165) is 10.4 Å². The minimum Gasteiger partial charge on any atom is -0.291 e. The monoisotopic (exact) mass is 379 g/mol. The Balaban J connectivity index is 1.74. The third kappa shape index (κ3) is 3.65. The summed E-state index contributed by atoms with van der Waals surface area (Å²) in [6.07, 6.45) is 1.93. The van der Waals surface area contributed by atoms with E-state index in [2.05, 4.69) is 15.3 Å². The Hall–Kier alpha value is -2.59. The van der Waals surface area contributed by atoms with Crippen LogP contribution in [0.5, 0.6) is 0 Å². The molecule has 8 nitrogen and oxygen atoms in total. The first-order valence-corrected chi connectivity index (χ1v) is 9.26. The van der Waals surface area contributed by atoms with Crippen molar-refractivity contribution in [3.05, 3.63) is 47.4 Å². The lowest BCUT2D eigenvalue weighted by molar-refractivity contribution is 0.0976. The highest BCUT2D eigenvalue weighted by Crippen LogP contribution is 2.20. The first-order valence-electron chi connectivity index (χ1n) is 7.86. The van der Waals surface area contributed by atoms with Crippen molar-refractivity contribution in [1.29, 1.82) is 0 Å². The molecule has 2 heterocycles. The fraction of sp³-hybridized carbons (Fsp3) is 0.312. The van der Waals surface area contributed by atoms with Crippen molar-refractivity contribution < 1.29 is 17.6 Å². The van der Waals surface area contributed by atoms with E-state index in [1.807, 2.05) is 0 Å². The predicted molar refractivity (Wildman–Crippen MR) is 95.6 cm³/mol. The van der Waals surface area contributed by atoms with E-state index in [9.17, 15) is 17.6 Å². The van der Waals surface area contributed by atoms with Gasteiger partial charge in [-0.2, -0.15) is 12.7 Å². The zero-order chi connectivity index (χ0) is 18.9. The van der Waals surface area contributed by atoms with Crippen LogP contribution in [0.3, 0.4) is 0 Å². The van der Waals surface area contributed by atoms with Gasteiger partial charge >= 0.3 is 10.2 Å². The van der Waals surface area contributed by atoms with E-state index in [-0.39, 0.29) is 24.6 Å². The lowest BCUT2D eigenvalue weighted by Crippen LogP contribution is -2.42. The maximum atomic E-state index is 13.2. The number of rotatable bonds is 3. The maximum Gasteiger partial charge on any atom is 0.303 e. The molecule has 0 saturated carbocycles. The van der Waals surface area contributed by atoms with E-state index in [0.29, 0.717) is 17.7 Å². The van der Waals surface area contributed by atoms with Gasteiger partial charge in [0.25, 0.3) is 5.91 Å². The van der Waals surface area contributed by atoms with Crippen LogP contribution in [0.1, 0.15) is 16.8 Å². The van der Waals surface area contributed by atoms with Gasteiger partial charge in [-0.05, 0) is 18.2 Å². The number of carbonyl (C=O) groups excluding carboxylic acids is 1. The Bertz CT molecular complexity index is 937. The number of benzene rings is 1. The summed E-state index contributed by atoms with van der Waals surface area (Å²) in [5, 5.41) is 2.54. The normalized spacial score (nSPS) is 17.2. The predicted octanol–water partition coefficient (Wildman–Crippen LogP) is 0.762. The van der Waals surface area contributed by atoms with Crippen LogP contribution in [0.15, 0.2) is 46.0 Å². The molecular weight excluding hydrogens is 361 g/mol. The van der Waals surface area contributed by atoms with Crippen LogP contribution >= 0.6 is 0 Å². The van der Waals surface area contributed by atoms with Gasteiger partial charge in [0.15, 0.2) is 0 Å². The molecule has 0 saturated heterocycles. The highest BCUT2D eigenvalue weighted by Gasteiger charge is 2.28. The largest absolute Gasteiger partial charge is 0.303 e. The molecule has 1 aromatic rings. The van der Waals surface area contributed by atoms with Gasteiger partial charge in [0.2, 0.25) is 5.96 Å². The van der Waals surface area contributed by atoms with Gasteiger partial charge in [-0.1, -0.05) is 6.07 Å². The van der Waals surface area contributed by atoms with E-state index in [1.165, 1.54) is 42.8 Å². The summed E-state index contributed by atoms with van der Waals surface area (Å²) in [7, 11) is -0.604. The van der Waals surface area contributed by atoms with Crippen molar-refractivity contribution in [1.82, 2.24) is 13.9 Å². The minimum atomic E-state index is -3.54. The van der Waals surface area contributed by atoms with Gasteiger partial charge in [0, 0.05) is 44.4 Å². The van der Waals surface area contributed by atoms with Crippen molar-refractivity contribution in [3.8, 4) is 0 Å². The molecule has 0 radical (unpaired) electrons. The van der Waals surface area contributed by atoms with Crippen LogP contribution in [0, 0.1) is 5.82 Å². The summed E-state index contributed by atoms with van der Waals surface area (Å²) in [6.45, 7) is 0.463. The third-order valence-electron chi connectivity index (χ3n) is 3.95. The van der Waals surface area contributed by atoms with Crippen LogP contribution in [0.25, 0.3) is 0 Å². The lowest BCUT2D eigenvalue weighted by Gasteiger charge is -2.30. The maximum absolute atomic E-state index is 13.2. The summed E-state index contributed by atoms with van der Waals surface area (Å²) in [5.41, 5.74) is 1.53. The van der Waals surface area contributed by atoms with Gasteiger partial charge in [-0.25, -0.2) is 14.4 Å². The number of hydrogen-bond donors (Lipinski definition) is 1. The number of halogens is 1. The zero-order valence-corrected chi connectivity index (χ0v) is 15.1. The summed E-state index contributed by atoms with van der Waals surface area (Å²) < 4.78 is 40.0. The second-order valence-electron chi connectivity index (χ2n) is 5.97. The molecular formula is C16H18FN5O3S. The van der Waals surface area contributed by atoms with Gasteiger partial charge < -0.3 is 0 Å². The standard InChI is InChI=1S/C16H18FN5O3S/c1-21(2)26(24,25)22-7-6-14-12(10-22)9-18-16(19-14)20-15(23)11-4-3-5-13(17)8-11/h3-5,8,10H,6-7,9H2,1-2H3,(H,18,20,23). The molecule has 10 heteroatoms. The molecule has 1 N–H and O–H groups in total. The fourth-order valence-corrected chi connectivity index (χ4v) is 3.54. The highest BCUT2D eigenvalue weighted by molar-refractivity contribution is 7.86. The Kier molecular flexibility index (Phi) is 4.88. The average Bonchev–Trinajstić information content (AvgIpc) is 2.61. The second-order valence-corrected chi connectivity index (χ2v) is 8.06. The molecule has 0 spiro atoms. The van der Waals surface area contributed by atoms with E-state index in [4.69, 9.17) is 0 Å². The molecule has 2 aliphatic rings.